The van der Waals surface area contributed by atoms with Crippen molar-refractivity contribution in [3.8, 4) is 11.3 Å². The first-order valence-electron chi connectivity index (χ1n) is 5.29. The zero-order valence-corrected chi connectivity index (χ0v) is 9.45. The lowest BCUT2D eigenvalue weighted by atomic mass is 10.1. The first kappa shape index (κ1) is 11.7. The molecule has 1 heterocycles. The molecule has 2 N–H and O–H groups in total. The summed E-state index contributed by atoms with van der Waals surface area (Å²) in [4.78, 5) is 4.14. The van der Waals surface area contributed by atoms with Gasteiger partial charge in [-0.3, -0.25) is 0 Å². The van der Waals surface area contributed by atoms with Crippen LogP contribution < -0.4 is 5.73 Å². The summed E-state index contributed by atoms with van der Waals surface area (Å²) in [5, 5.41) is 0. The van der Waals surface area contributed by atoms with E-state index in [0.29, 0.717) is 24.2 Å². The number of aromatic nitrogens is 2. The van der Waals surface area contributed by atoms with Gasteiger partial charge in [0.05, 0.1) is 12.0 Å². The zero-order chi connectivity index (χ0) is 12.4. The molecule has 2 aromatic rings. The van der Waals surface area contributed by atoms with Crippen LogP contribution in [0.1, 0.15) is 5.69 Å². The van der Waals surface area contributed by atoms with Gasteiger partial charge < -0.3 is 10.3 Å². The molecule has 0 aliphatic rings. The molecule has 0 atom stereocenters. The first-order valence-corrected chi connectivity index (χ1v) is 5.29. The van der Waals surface area contributed by atoms with Crippen LogP contribution in [0.4, 0.5) is 8.78 Å². The maximum atomic E-state index is 13.6. The van der Waals surface area contributed by atoms with Gasteiger partial charge in [0, 0.05) is 30.8 Å². The van der Waals surface area contributed by atoms with Crippen LogP contribution in [-0.4, -0.2) is 16.1 Å². The Labute approximate surface area is 97.9 Å². The fourth-order valence-electron chi connectivity index (χ4n) is 1.79. The fraction of sp³-hybridized carbons (Fsp3) is 0.250. The van der Waals surface area contributed by atoms with Crippen LogP contribution in [-0.2, 0) is 13.5 Å². The molecule has 1 aromatic heterocycles. The third kappa shape index (κ3) is 2.19. The van der Waals surface area contributed by atoms with Crippen LogP contribution in [0.15, 0.2) is 24.5 Å². The molecule has 0 spiro atoms. The zero-order valence-electron chi connectivity index (χ0n) is 9.45. The molecule has 0 aliphatic carbocycles. The molecule has 0 aliphatic heterocycles. The summed E-state index contributed by atoms with van der Waals surface area (Å²) < 4.78 is 28.3. The Morgan fingerprint density at radius 2 is 2.12 bits per heavy atom. The van der Waals surface area contributed by atoms with E-state index in [1.165, 1.54) is 12.1 Å². The van der Waals surface area contributed by atoms with Crippen molar-refractivity contribution < 1.29 is 8.78 Å². The lowest BCUT2D eigenvalue weighted by molar-refractivity contribution is 0.585. The molecule has 3 nitrogen and oxygen atoms in total. The summed E-state index contributed by atoms with van der Waals surface area (Å²) in [5.41, 5.74) is 7.17. The molecule has 0 unspecified atom stereocenters. The average Bonchev–Trinajstić information content (AvgIpc) is 2.62. The molecule has 17 heavy (non-hydrogen) atoms. The summed E-state index contributed by atoms with van der Waals surface area (Å²) >= 11 is 0. The number of nitrogens with zero attached hydrogens (tertiary/aromatic N) is 2. The average molecular weight is 237 g/mol. The van der Waals surface area contributed by atoms with Crippen molar-refractivity contribution in [2.75, 3.05) is 6.54 Å². The molecule has 1 aromatic carbocycles. The Bertz CT molecular complexity index is 535. The van der Waals surface area contributed by atoms with Crippen LogP contribution in [0.25, 0.3) is 11.3 Å². The third-order valence-corrected chi connectivity index (χ3v) is 2.63. The Morgan fingerprint density at radius 3 is 2.76 bits per heavy atom. The smallest absolute Gasteiger partial charge is 0.135 e. The van der Waals surface area contributed by atoms with Crippen molar-refractivity contribution in [1.82, 2.24) is 9.55 Å². The van der Waals surface area contributed by atoms with Crippen LogP contribution in [0.3, 0.4) is 0 Å². The predicted octanol–water partition coefficient (Wildman–Crippen LogP) is 1.87. The Hall–Kier alpha value is -1.75. The van der Waals surface area contributed by atoms with E-state index in [1.54, 1.807) is 10.9 Å². The molecule has 0 saturated heterocycles. The summed E-state index contributed by atoms with van der Waals surface area (Å²) in [6, 6.07) is 3.47. The lowest BCUT2D eigenvalue weighted by Gasteiger charge is -2.05. The predicted molar refractivity (Wildman–Crippen MR) is 61.3 cm³/mol. The normalized spacial score (nSPS) is 10.8. The Kier molecular flexibility index (Phi) is 3.19. The standard InChI is InChI=1S/C12H13F2N3/c1-17-7-16-12(11(17)4-5-15)9-3-2-8(13)6-10(9)14/h2-3,6-7H,4-5,15H2,1H3. The second-order valence-electron chi connectivity index (χ2n) is 3.81. The van der Waals surface area contributed by atoms with Gasteiger partial charge in [0.1, 0.15) is 11.6 Å². The molecule has 0 fully saturated rings. The van der Waals surface area contributed by atoms with E-state index in [1.807, 2.05) is 7.05 Å². The van der Waals surface area contributed by atoms with Gasteiger partial charge >= 0.3 is 0 Å². The maximum Gasteiger partial charge on any atom is 0.135 e. The van der Waals surface area contributed by atoms with Gasteiger partial charge in [0.25, 0.3) is 0 Å². The molecular weight excluding hydrogens is 224 g/mol. The number of nitrogens with two attached hydrogens (primary N) is 1. The van der Waals surface area contributed by atoms with Crippen molar-refractivity contribution >= 4 is 0 Å². The third-order valence-electron chi connectivity index (χ3n) is 2.63. The van der Waals surface area contributed by atoms with E-state index in [9.17, 15) is 8.78 Å². The topological polar surface area (TPSA) is 43.8 Å². The molecule has 5 heteroatoms. The quantitative estimate of drug-likeness (QED) is 0.885. The lowest BCUT2D eigenvalue weighted by Crippen LogP contribution is -2.07. The minimum Gasteiger partial charge on any atom is -0.337 e. The summed E-state index contributed by atoms with van der Waals surface area (Å²) in [6.07, 6.45) is 2.20. The minimum atomic E-state index is -0.609. The van der Waals surface area contributed by atoms with Gasteiger partial charge in [-0.2, -0.15) is 0 Å². The van der Waals surface area contributed by atoms with E-state index < -0.39 is 11.6 Å². The van der Waals surface area contributed by atoms with E-state index in [0.717, 1.165) is 11.8 Å². The van der Waals surface area contributed by atoms with Crippen LogP contribution in [0.2, 0.25) is 0 Å². The van der Waals surface area contributed by atoms with Crippen molar-refractivity contribution in [2.45, 2.75) is 6.42 Å². The van der Waals surface area contributed by atoms with Crippen LogP contribution in [0.5, 0.6) is 0 Å². The highest BCUT2D eigenvalue weighted by Gasteiger charge is 2.14. The number of rotatable bonds is 3. The van der Waals surface area contributed by atoms with Gasteiger partial charge in [0.2, 0.25) is 0 Å². The van der Waals surface area contributed by atoms with E-state index in [2.05, 4.69) is 4.98 Å². The molecular formula is C12H13F2N3. The summed E-state index contributed by atoms with van der Waals surface area (Å²) in [7, 11) is 1.82. The largest absolute Gasteiger partial charge is 0.337 e. The van der Waals surface area contributed by atoms with E-state index in [-0.39, 0.29) is 0 Å². The number of imidazole rings is 1. The second kappa shape index (κ2) is 4.63. The molecule has 2 rings (SSSR count). The van der Waals surface area contributed by atoms with Crippen molar-refractivity contribution in [3.05, 3.63) is 41.9 Å². The number of halogens is 2. The van der Waals surface area contributed by atoms with E-state index >= 15 is 0 Å². The maximum absolute atomic E-state index is 13.6. The van der Waals surface area contributed by atoms with Gasteiger partial charge in [-0.1, -0.05) is 0 Å². The number of hydrogen-bond donors (Lipinski definition) is 1. The molecule has 90 valence electrons. The Balaban J connectivity index is 2.52. The molecule has 0 saturated carbocycles. The highest BCUT2D eigenvalue weighted by atomic mass is 19.1. The number of aryl methyl sites for hydroxylation is 1. The molecule has 0 radical (unpaired) electrons. The first-order chi connectivity index (χ1) is 8.13. The highest BCUT2D eigenvalue weighted by molar-refractivity contribution is 5.62. The van der Waals surface area contributed by atoms with Gasteiger partial charge in [-0.15, -0.1) is 0 Å². The second-order valence-corrected chi connectivity index (χ2v) is 3.81. The number of hydrogen-bond acceptors (Lipinski definition) is 2. The minimum absolute atomic E-state index is 0.301. The van der Waals surface area contributed by atoms with Gasteiger partial charge in [-0.05, 0) is 18.7 Å². The van der Waals surface area contributed by atoms with Crippen molar-refractivity contribution in [2.24, 2.45) is 12.8 Å². The fourth-order valence-corrected chi connectivity index (χ4v) is 1.79. The van der Waals surface area contributed by atoms with Crippen molar-refractivity contribution in [3.63, 3.8) is 0 Å². The number of benzene rings is 1. The molecule has 0 bridgehead atoms. The van der Waals surface area contributed by atoms with Gasteiger partial charge in [-0.25, -0.2) is 13.8 Å². The van der Waals surface area contributed by atoms with Crippen molar-refractivity contribution in [1.29, 1.82) is 0 Å². The van der Waals surface area contributed by atoms with E-state index in [4.69, 9.17) is 5.73 Å². The summed E-state index contributed by atoms with van der Waals surface area (Å²) in [6.45, 7) is 0.454. The summed E-state index contributed by atoms with van der Waals surface area (Å²) in [5.74, 6) is -1.20. The van der Waals surface area contributed by atoms with Gasteiger partial charge in [0.15, 0.2) is 0 Å². The monoisotopic (exact) mass is 237 g/mol. The van der Waals surface area contributed by atoms with Crippen LogP contribution in [0, 0.1) is 11.6 Å². The SMILES string of the molecule is Cn1cnc(-c2ccc(F)cc2F)c1CCN. The highest BCUT2D eigenvalue weighted by Crippen LogP contribution is 2.25. The van der Waals surface area contributed by atoms with Crippen LogP contribution >= 0.6 is 0 Å². The molecule has 0 amide bonds. The Morgan fingerprint density at radius 1 is 1.35 bits per heavy atom.